The highest BCUT2D eigenvalue weighted by molar-refractivity contribution is 5.46. The van der Waals surface area contributed by atoms with Crippen LogP contribution in [-0.2, 0) is 0 Å². The van der Waals surface area contributed by atoms with E-state index in [0.29, 0.717) is 0 Å². The summed E-state index contributed by atoms with van der Waals surface area (Å²) >= 11 is 0. The molecule has 1 N–H and O–H groups in total. The molecule has 0 aromatic heterocycles. The summed E-state index contributed by atoms with van der Waals surface area (Å²) in [6.07, 6.45) is 3.86. The van der Waals surface area contributed by atoms with E-state index < -0.39 is 0 Å². The second kappa shape index (κ2) is 5.93. The first-order valence-electron chi connectivity index (χ1n) is 7.56. The number of likely N-dealkylation sites (N-methyl/N-ethyl adjacent to an activating group) is 1. The van der Waals surface area contributed by atoms with E-state index in [1.165, 1.54) is 51.1 Å². The van der Waals surface area contributed by atoms with Crippen LogP contribution in [0.15, 0.2) is 30.3 Å². The molecule has 0 amide bonds. The van der Waals surface area contributed by atoms with Gasteiger partial charge < -0.3 is 15.1 Å². The molecule has 1 aromatic carbocycles. The zero-order chi connectivity index (χ0) is 13.1. The molecular weight excluding hydrogens is 234 g/mol. The molecule has 2 fully saturated rings. The zero-order valence-corrected chi connectivity index (χ0v) is 11.9. The molecular formula is C16H25N3. The fourth-order valence-corrected chi connectivity index (χ4v) is 3.35. The SMILES string of the molecule is CN1CCC(NC2CCN(c3ccccc3)CC2)C1. The lowest BCUT2D eigenvalue weighted by atomic mass is 10.0. The molecule has 0 radical (unpaired) electrons. The van der Waals surface area contributed by atoms with Gasteiger partial charge in [-0.1, -0.05) is 18.2 Å². The van der Waals surface area contributed by atoms with Gasteiger partial charge in [0, 0.05) is 37.4 Å². The monoisotopic (exact) mass is 259 g/mol. The molecule has 19 heavy (non-hydrogen) atoms. The van der Waals surface area contributed by atoms with Crippen molar-refractivity contribution < 1.29 is 0 Å². The number of hydrogen-bond acceptors (Lipinski definition) is 3. The molecule has 3 nitrogen and oxygen atoms in total. The number of nitrogens with zero attached hydrogens (tertiary/aromatic N) is 2. The molecule has 2 heterocycles. The Morgan fingerprint density at radius 3 is 2.26 bits per heavy atom. The number of benzene rings is 1. The fraction of sp³-hybridized carbons (Fsp3) is 0.625. The van der Waals surface area contributed by atoms with E-state index in [2.05, 4.69) is 52.5 Å². The quantitative estimate of drug-likeness (QED) is 0.895. The Kier molecular flexibility index (Phi) is 4.04. The highest BCUT2D eigenvalue weighted by Crippen LogP contribution is 2.20. The van der Waals surface area contributed by atoms with Gasteiger partial charge in [-0.15, -0.1) is 0 Å². The highest BCUT2D eigenvalue weighted by atomic mass is 15.2. The first-order valence-corrected chi connectivity index (χ1v) is 7.56. The molecule has 0 bridgehead atoms. The summed E-state index contributed by atoms with van der Waals surface area (Å²) in [5.41, 5.74) is 1.38. The second-order valence-electron chi connectivity index (χ2n) is 6.01. The summed E-state index contributed by atoms with van der Waals surface area (Å²) in [4.78, 5) is 4.94. The third kappa shape index (κ3) is 3.28. The van der Waals surface area contributed by atoms with E-state index in [4.69, 9.17) is 0 Å². The molecule has 1 atom stereocenters. The molecule has 104 valence electrons. The van der Waals surface area contributed by atoms with Crippen molar-refractivity contribution in [2.45, 2.75) is 31.3 Å². The Bertz CT molecular complexity index is 384. The number of rotatable bonds is 3. The Morgan fingerprint density at radius 2 is 1.63 bits per heavy atom. The van der Waals surface area contributed by atoms with E-state index in [1.54, 1.807) is 0 Å². The Labute approximate surface area is 116 Å². The topological polar surface area (TPSA) is 18.5 Å². The van der Waals surface area contributed by atoms with Crippen molar-refractivity contribution >= 4 is 5.69 Å². The Balaban J connectivity index is 1.47. The predicted octanol–water partition coefficient (Wildman–Crippen LogP) is 1.95. The van der Waals surface area contributed by atoms with Crippen molar-refractivity contribution in [1.82, 2.24) is 10.2 Å². The molecule has 1 aromatic rings. The van der Waals surface area contributed by atoms with E-state index >= 15 is 0 Å². The molecule has 3 rings (SSSR count). The van der Waals surface area contributed by atoms with Crippen LogP contribution >= 0.6 is 0 Å². The number of hydrogen-bond donors (Lipinski definition) is 1. The summed E-state index contributed by atoms with van der Waals surface area (Å²) in [6, 6.07) is 12.2. The van der Waals surface area contributed by atoms with Crippen molar-refractivity contribution in [3.63, 3.8) is 0 Å². The van der Waals surface area contributed by atoms with Gasteiger partial charge in [0.25, 0.3) is 0 Å². The van der Waals surface area contributed by atoms with Crippen LogP contribution in [0.25, 0.3) is 0 Å². The normalized spacial score (nSPS) is 25.9. The smallest absolute Gasteiger partial charge is 0.0366 e. The number of para-hydroxylation sites is 1. The van der Waals surface area contributed by atoms with Gasteiger partial charge in [-0.2, -0.15) is 0 Å². The van der Waals surface area contributed by atoms with E-state index in [-0.39, 0.29) is 0 Å². The number of nitrogens with one attached hydrogen (secondary N) is 1. The van der Waals surface area contributed by atoms with E-state index in [0.717, 1.165) is 12.1 Å². The molecule has 3 heteroatoms. The maximum atomic E-state index is 3.85. The van der Waals surface area contributed by atoms with Gasteiger partial charge in [-0.05, 0) is 45.0 Å². The Hall–Kier alpha value is -1.06. The van der Waals surface area contributed by atoms with Crippen molar-refractivity contribution in [2.75, 3.05) is 38.1 Å². The molecule has 2 aliphatic rings. The van der Waals surface area contributed by atoms with Gasteiger partial charge >= 0.3 is 0 Å². The van der Waals surface area contributed by atoms with Crippen LogP contribution in [-0.4, -0.2) is 50.2 Å². The first kappa shape index (κ1) is 12.9. The van der Waals surface area contributed by atoms with Crippen LogP contribution < -0.4 is 10.2 Å². The minimum Gasteiger partial charge on any atom is -0.371 e. The largest absolute Gasteiger partial charge is 0.371 e. The van der Waals surface area contributed by atoms with Crippen LogP contribution in [0.3, 0.4) is 0 Å². The van der Waals surface area contributed by atoms with Crippen LogP contribution in [0.1, 0.15) is 19.3 Å². The zero-order valence-electron chi connectivity index (χ0n) is 11.9. The summed E-state index contributed by atoms with van der Waals surface area (Å²) < 4.78 is 0. The standard InChI is InChI=1S/C16H25N3/c1-18-10-7-15(13-18)17-14-8-11-19(12-9-14)16-5-3-2-4-6-16/h2-6,14-15,17H,7-13H2,1H3. The van der Waals surface area contributed by atoms with Gasteiger partial charge in [0.1, 0.15) is 0 Å². The minimum atomic E-state index is 0.719. The maximum absolute atomic E-state index is 3.85. The van der Waals surface area contributed by atoms with Crippen LogP contribution in [0.5, 0.6) is 0 Å². The summed E-state index contributed by atoms with van der Waals surface area (Å²) in [7, 11) is 2.22. The van der Waals surface area contributed by atoms with Gasteiger partial charge in [0.2, 0.25) is 0 Å². The lowest BCUT2D eigenvalue weighted by Crippen LogP contribution is -2.46. The first-order chi connectivity index (χ1) is 9.31. The lowest BCUT2D eigenvalue weighted by Gasteiger charge is -2.35. The summed E-state index contributed by atoms with van der Waals surface area (Å²) in [5, 5.41) is 3.85. The van der Waals surface area contributed by atoms with Gasteiger partial charge in [0.15, 0.2) is 0 Å². The Morgan fingerprint density at radius 1 is 0.947 bits per heavy atom. The molecule has 0 spiro atoms. The second-order valence-corrected chi connectivity index (χ2v) is 6.01. The van der Waals surface area contributed by atoms with Crippen LogP contribution in [0.4, 0.5) is 5.69 Å². The summed E-state index contributed by atoms with van der Waals surface area (Å²) in [5.74, 6) is 0. The van der Waals surface area contributed by atoms with Gasteiger partial charge in [-0.3, -0.25) is 0 Å². The lowest BCUT2D eigenvalue weighted by molar-refractivity contribution is 0.350. The van der Waals surface area contributed by atoms with Crippen LogP contribution in [0, 0.1) is 0 Å². The predicted molar refractivity (Wildman–Crippen MR) is 80.7 cm³/mol. The molecule has 1 unspecified atom stereocenters. The third-order valence-corrected chi connectivity index (χ3v) is 4.48. The average molecular weight is 259 g/mol. The minimum absolute atomic E-state index is 0.719. The van der Waals surface area contributed by atoms with Crippen molar-refractivity contribution in [3.8, 4) is 0 Å². The van der Waals surface area contributed by atoms with E-state index in [1.807, 2.05) is 0 Å². The molecule has 0 saturated carbocycles. The van der Waals surface area contributed by atoms with E-state index in [9.17, 15) is 0 Å². The average Bonchev–Trinajstić information content (AvgIpc) is 2.86. The third-order valence-electron chi connectivity index (χ3n) is 4.48. The van der Waals surface area contributed by atoms with Gasteiger partial charge in [0.05, 0.1) is 0 Å². The van der Waals surface area contributed by atoms with Crippen molar-refractivity contribution in [2.24, 2.45) is 0 Å². The number of likely N-dealkylation sites (tertiary alicyclic amines) is 1. The fourth-order valence-electron chi connectivity index (χ4n) is 3.35. The maximum Gasteiger partial charge on any atom is 0.0366 e. The van der Waals surface area contributed by atoms with Crippen molar-refractivity contribution in [3.05, 3.63) is 30.3 Å². The number of piperidine rings is 1. The van der Waals surface area contributed by atoms with Gasteiger partial charge in [-0.25, -0.2) is 0 Å². The molecule has 0 aliphatic carbocycles. The highest BCUT2D eigenvalue weighted by Gasteiger charge is 2.25. The number of anilines is 1. The van der Waals surface area contributed by atoms with Crippen LogP contribution in [0.2, 0.25) is 0 Å². The molecule has 2 saturated heterocycles. The molecule has 2 aliphatic heterocycles. The summed E-state index contributed by atoms with van der Waals surface area (Å²) in [6.45, 7) is 4.84. The van der Waals surface area contributed by atoms with Crippen molar-refractivity contribution in [1.29, 1.82) is 0 Å².